The van der Waals surface area contributed by atoms with Crippen LogP contribution in [0.1, 0.15) is 19.8 Å². The minimum absolute atomic E-state index is 0.177. The van der Waals surface area contributed by atoms with Crippen LogP contribution in [0.15, 0.2) is 24.3 Å². The minimum atomic E-state index is -2.78. The van der Waals surface area contributed by atoms with Crippen LogP contribution in [0.25, 0.3) is 0 Å². The third-order valence-electron chi connectivity index (χ3n) is 2.95. The van der Waals surface area contributed by atoms with Crippen LogP contribution in [0.3, 0.4) is 0 Å². The molecule has 0 spiro atoms. The van der Waals surface area contributed by atoms with Gasteiger partial charge in [-0.3, -0.25) is 0 Å². The number of alkyl halides is 2. The van der Waals surface area contributed by atoms with E-state index in [0.717, 1.165) is 25.1 Å². The van der Waals surface area contributed by atoms with Crippen molar-refractivity contribution in [1.29, 1.82) is 0 Å². The van der Waals surface area contributed by atoms with E-state index in [4.69, 9.17) is 4.74 Å². The van der Waals surface area contributed by atoms with Crippen LogP contribution in [-0.2, 0) is 4.74 Å². The summed E-state index contributed by atoms with van der Waals surface area (Å²) in [7, 11) is 0. The second-order valence-corrected chi connectivity index (χ2v) is 4.29. The third-order valence-corrected chi connectivity index (χ3v) is 2.95. The number of rotatable bonds is 6. The van der Waals surface area contributed by atoms with E-state index in [1.54, 1.807) is 12.1 Å². The van der Waals surface area contributed by atoms with Crippen molar-refractivity contribution in [2.75, 3.05) is 11.9 Å². The largest absolute Gasteiger partial charge is 0.435 e. The fourth-order valence-corrected chi connectivity index (χ4v) is 2.02. The highest BCUT2D eigenvalue weighted by Crippen LogP contribution is 2.27. The van der Waals surface area contributed by atoms with Crippen LogP contribution in [0.2, 0.25) is 0 Å². The first kappa shape index (κ1) is 13.1. The standard InChI is InChI=1S/C13H17F2NO2/c1-2-17-12-7-10(8-12)16-9-3-5-11(6-4-9)18-13(14)15/h3-6,10,12-13,16H,2,7-8H2,1H3. The first-order valence-electron chi connectivity index (χ1n) is 6.10. The van der Waals surface area contributed by atoms with Gasteiger partial charge in [-0.05, 0) is 44.0 Å². The Hall–Kier alpha value is -1.36. The molecular formula is C13H17F2NO2. The molecule has 1 aliphatic carbocycles. The van der Waals surface area contributed by atoms with Gasteiger partial charge in [0.2, 0.25) is 0 Å². The van der Waals surface area contributed by atoms with E-state index in [0.29, 0.717) is 12.1 Å². The van der Waals surface area contributed by atoms with Crippen molar-refractivity contribution in [1.82, 2.24) is 0 Å². The zero-order valence-electron chi connectivity index (χ0n) is 10.2. The lowest BCUT2D eigenvalue weighted by molar-refractivity contribution is -0.0498. The van der Waals surface area contributed by atoms with Gasteiger partial charge in [-0.1, -0.05) is 0 Å². The third kappa shape index (κ3) is 3.57. The fraction of sp³-hybridized carbons (Fsp3) is 0.538. The van der Waals surface area contributed by atoms with Crippen molar-refractivity contribution < 1.29 is 18.3 Å². The first-order valence-corrected chi connectivity index (χ1v) is 6.10. The Morgan fingerprint density at radius 2 is 1.94 bits per heavy atom. The Kier molecular flexibility index (Phi) is 4.36. The van der Waals surface area contributed by atoms with Crippen LogP contribution < -0.4 is 10.1 Å². The van der Waals surface area contributed by atoms with Gasteiger partial charge in [-0.25, -0.2) is 0 Å². The van der Waals surface area contributed by atoms with Gasteiger partial charge < -0.3 is 14.8 Å². The van der Waals surface area contributed by atoms with Gasteiger partial charge in [0.1, 0.15) is 5.75 Å². The van der Waals surface area contributed by atoms with Crippen LogP contribution in [0, 0.1) is 0 Å². The van der Waals surface area contributed by atoms with Crippen LogP contribution in [0.5, 0.6) is 5.75 Å². The Labute approximate surface area is 105 Å². The Balaban J connectivity index is 1.77. The predicted molar refractivity (Wildman–Crippen MR) is 65.1 cm³/mol. The molecule has 0 atom stereocenters. The highest BCUT2D eigenvalue weighted by atomic mass is 19.3. The number of nitrogens with one attached hydrogen (secondary N) is 1. The molecule has 0 saturated heterocycles. The number of hydrogen-bond donors (Lipinski definition) is 1. The molecule has 5 heteroatoms. The molecule has 2 rings (SSSR count). The first-order chi connectivity index (χ1) is 8.67. The van der Waals surface area contributed by atoms with Gasteiger partial charge in [-0.2, -0.15) is 8.78 Å². The molecule has 18 heavy (non-hydrogen) atoms. The van der Waals surface area contributed by atoms with Crippen LogP contribution in [0.4, 0.5) is 14.5 Å². The van der Waals surface area contributed by atoms with E-state index in [9.17, 15) is 8.78 Å². The molecule has 0 aliphatic heterocycles. The summed E-state index contributed by atoms with van der Waals surface area (Å²) in [6.45, 7) is -0.0399. The molecular weight excluding hydrogens is 240 g/mol. The van der Waals surface area contributed by atoms with Gasteiger partial charge in [-0.15, -0.1) is 0 Å². The minimum Gasteiger partial charge on any atom is -0.435 e. The summed E-state index contributed by atoms with van der Waals surface area (Å²) < 4.78 is 33.7. The average molecular weight is 257 g/mol. The Bertz CT molecular complexity index is 364. The van der Waals surface area contributed by atoms with Crippen molar-refractivity contribution in [3.05, 3.63) is 24.3 Å². The predicted octanol–water partition coefficient (Wildman–Crippen LogP) is 3.27. The molecule has 0 radical (unpaired) electrons. The highest BCUT2D eigenvalue weighted by Gasteiger charge is 2.29. The van der Waals surface area contributed by atoms with E-state index in [1.807, 2.05) is 6.92 Å². The molecule has 0 aromatic heterocycles. The average Bonchev–Trinajstić information content (AvgIpc) is 2.28. The quantitative estimate of drug-likeness (QED) is 0.848. The molecule has 0 bridgehead atoms. The molecule has 1 fully saturated rings. The topological polar surface area (TPSA) is 30.5 Å². The number of anilines is 1. The van der Waals surface area contributed by atoms with E-state index >= 15 is 0 Å². The monoisotopic (exact) mass is 257 g/mol. The molecule has 1 aromatic carbocycles. The summed E-state index contributed by atoms with van der Waals surface area (Å²) in [5.74, 6) is 0.177. The summed E-state index contributed by atoms with van der Waals surface area (Å²) in [5, 5.41) is 3.32. The normalized spacial score (nSPS) is 22.7. The van der Waals surface area contributed by atoms with E-state index < -0.39 is 6.61 Å². The van der Waals surface area contributed by atoms with Crippen molar-refractivity contribution in [2.45, 2.75) is 38.5 Å². The highest BCUT2D eigenvalue weighted by molar-refractivity contribution is 5.47. The van der Waals surface area contributed by atoms with E-state index in [1.165, 1.54) is 12.1 Å². The van der Waals surface area contributed by atoms with E-state index in [-0.39, 0.29) is 5.75 Å². The molecule has 0 heterocycles. The summed E-state index contributed by atoms with van der Waals surface area (Å²) in [4.78, 5) is 0. The smallest absolute Gasteiger partial charge is 0.387 e. The molecule has 0 unspecified atom stereocenters. The lowest BCUT2D eigenvalue weighted by Crippen LogP contribution is -2.40. The van der Waals surface area contributed by atoms with Gasteiger partial charge >= 0.3 is 6.61 Å². The van der Waals surface area contributed by atoms with Gasteiger partial charge in [0.15, 0.2) is 0 Å². The second kappa shape index (κ2) is 6.00. The Morgan fingerprint density at radius 1 is 1.28 bits per heavy atom. The van der Waals surface area contributed by atoms with Crippen molar-refractivity contribution in [3.8, 4) is 5.75 Å². The second-order valence-electron chi connectivity index (χ2n) is 4.29. The summed E-state index contributed by atoms with van der Waals surface area (Å²) in [6.07, 6.45) is 2.33. The maximum Gasteiger partial charge on any atom is 0.387 e. The van der Waals surface area contributed by atoms with Crippen molar-refractivity contribution >= 4 is 5.69 Å². The number of ether oxygens (including phenoxy) is 2. The lowest BCUT2D eigenvalue weighted by atomic mass is 9.89. The van der Waals surface area contributed by atoms with E-state index in [2.05, 4.69) is 10.1 Å². The van der Waals surface area contributed by atoms with Crippen molar-refractivity contribution in [3.63, 3.8) is 0 Å². The van der Waals surface area contributed by atoms with Gasteiger partial charge in [0.25, 0.3) is 0 Å². The SMILES string of the molecule is CCOC1CC(Nc2ccc(OC(F)F)cc2)C1. The maximum absolute atomic E-state index is 12.0. The number of hydrogen-bond acceptors (Lipinski definition) is 3. The molecule has 1 aliphatic rings. The number of benzene rings is 1. The maximum atomic E-state index is 12.0. The molecule has 1 aromatic rings. The van der Waals surface area contributed by atoms with Gasteiger partial charge in [0, 0.05) is 18.3 Å². The molecule has 0 amide bonds. The lowest BCUT2D eigenvalue weighted by Gasteiger charge is -2.36. The summed E-state index contributed by atoms with van der Waals surface area (Å²) >= 11 is 0. The number of halogens is 2. The van der Waals surface area contributed by atoms with Gasteiger partial charge in [0.05, 0.1) is 6.10 Å². The Morgan fingerprint density at radius 3 is 2.50 bits per heavy atom. The zero-order valence-corrected chi connectivity index (χ0v) is 10.2. The van der Waals surface area contributed by atoms with Crippen molar-refractivity contribution in [2.24, 2.45) is 0 Å². The molecule has 100 valence electrons. The van der Waals surface area contributed by atoms with Crippen LogP contribution >= 0.6 is 0 Å². The molecule has 3 nitrogen and oxygen atoms in total. The molecule has 1 N–H and O–H groups in total. The summed E-state index contributed by atoms with van der Waals surface area (Å²) in [5.41, 5.74) is 0.913. The van der Waals surface area contributed by atoms with Crippen LogP contribution in [-0.4, -0.2) is 25.4 Å². The zero-order chi connectivity index (χ0) is 13.0. The fourth-order valence-electron chi connectivity index (χ4n) is 2.02. The summed E-state index contributed by atoms with van der Waals surface area (Å²) in [6, 6.07) is 6.96. The molecule has 1 saturated carbocycles.